The van der Waals surface area contributed by atoms with Gasteiger partial charge in [-0.15, -0.1) is 11.8 Å². The number of carbonyl (C=O) groups excluding carboxylic acids is 1. The zero-order valence-corrected chi connectivity index (χ0v) is 21.2. The minimum absolute atomic E-state index is 0.0111. The largest absolute Gasteiger partial charge is 0.497 e. The van der Waals surface area contributed by atoms with Gasteiger partial charge in [-0.2, -0.15) is 13.2 Å². The molecule has 0 aliphatic carbocycles. The summed E-state index contributed by atoms with van der Waals surface area (Å²) in [5, 5.41) is 0. The third-order valence-corrected chi connectivity index (χ3v) is 8.10. The average Bonchev–Trinajstić information content (AvgIpc) is 3.17. The van der Waals surface area contributed by atoms with Crippen molar-refractivity contribution in [2.75, 3.05) is 7.11 Å². The molecule has 0 radical (unpaired) electrons. The second-order valence-electron chi connectivity index (χ2n) is 9.50. The van der Waals surface area contributed by atoms with Crippen LogP contribution in [0.4, 0.5) is 13.2 Å². The van der Waals surface area contributed by atoms with E-state index in [9.17, 15) is 18.0 Å². The molecular formula is C29H28F3NO3S. The van der Waals surface area contributed by atoms with E-state index in [0.29, 0.717) is 18.4 Å². The molecule has 2 fully saturated rings. The zero-order chi connectivity index (χ0) is 26.0. The van der Waals surface area contributed by atoms with Crippen LogP contribution < -0.4 is 9.47 Å². The Morgan fingerprint density at radius 1 is 0.946 bits per heavy atom. The molecule has 5 rings (SSSR count). The number of ether oxygens (including phenoxy) is 2. The molecule has 2 bridgehead atoms. The number of fused-ring (bicyclic) bond motifs is 2. The lowest BCUT2D eigenvalue weighted by Crippen LogP contribution is -2.49. The van der Waals surface area contributed by atoms with Gasteiger partial charge >= 0.3 is 6.18 Å². The van der Waals surface area contributed by atoms with E-state index in [-0.39, 0.29) is 29.8 Å². The van der Waals surface area contributed by atoms with Gasteiger partial charge in [0, 0.05) is 41.1 Å². The van der Waals surface area contributed by atoms with Crippen LogP contribution in [0.1, 0.15) is 47.2 Å². The minimum Gasteiger partial charge on any atom is -0.497 e. The number of halogens is 3. The topological polar surface area (TPSA) is 38.8 Å². The zero-order valence-electron chi connectivity index (χ0n) is 20.4. The van der Waals surface area contributed by atoms with Crippen molar-refractivity contribution in [2.24, 2.45) is 0 Å². The van der Waals surface area contributed by atoms with E-state index in [1.807, 2.05) is 53.4 Å². The van der Waals surface area contributed by atoms with Crippen molar-refractivity contribution in [2.45, 2.75) is 60.7 Å². The van der Waals surface area contributed by atoms with Gasteiger partial charge in [-0.25, -0.2) is 0 Å². The Bertz CT molecular complexity index is 1230. The van der Waals surface area contributed by atoms with Crippen molar-refractivity contribution in [3.05, 3.63) is 89.5 Å². The molecule has 2 saturated heterocycles. The summed E-state index contributed by atoms with van der Waals surface area (Å²) in [6, 6.07) is 20.8. The van der Waals surface area contributed by atoms with Crippen LogP contribution in [-0.2, 0) is 11.9 Å². The first-order chi connectivity index (χ1) is 17.8. The molecule has 2 atom stereocenters. The molecule has 0 saturated carbocycles. The Hall–Kier alpha value is -3.13. The van der Waals surface area contributed by atoms with Crippen molar-refractivity contribution >= 4 is 17.7 Å². The number of carbonyl (C=O) groups is 1. The Kier molecular flexibility index (Phi) is 7.38. The second kappa shape index (κ2) is 10.7. The van der Waals surface area contributed by atoms with E-state index in [1.54, 1.807) is 24.9 Å². The lowest BCUT2D eigenvalue weighted by Gasteiger charge is -2.39. The van der Waals surface area contributed by atoms with Crippen LogP contribution in [0.2, 0.25) is 0 Å². The molecule has 3 aromatic rings. The molecule has 37 heavy (non-hydrogen) atoms. The van der Waals surface area contributed by atoms with E-state index in [2.05, 4.69) is 0 Å². The first kappa shape index (κ1) is 25.5. The second-order valence-corrected chi connectivity index (χ2v) is 10.5. The fraction of sp³-hybridized carbons (Fsp3) is 0.345. The molecule has 194 valence electrons. The highest BCUT2D eigenvalue weighted by Crippen LogP contribution is 2.39. The van der Waals surface area contributed by atoms with Gasteiger partial charge in [0.15, 0.2) is 0 Å². The van der Waals surface area contributed by atoms with E-state index in [1.165, 1.54) is 6.07 Å². The van der Waals surface area contributed by atoms with Crippen LogP contribution in [0, 0.1) is 0 Å². The molecule has 2 aliphatic rings. The predicted molar refractivity (Wildman–Crippen MR) is 137 cm³/mol. The SMILES string of the molecule is COc1cccc(SCc2ccc(C(=O)N3[C@H]4CC[C@H]3CC(Oc3cccc(C(F)(F)F)c3)C4)cc2)c1. The fourth-order valence-corrected chi connectivity index (χ4v) is 6.14. The number of methoxy groups -OCH3 is 1. The summed E-state index contributed by atoms with van der Waals surface area (Å²) >= 11 is 1.71. The van der Waals surface area contributed by atoms with Gasteiger partial charge in [-0.1, -0.05) is 24.3 Å². The normalized spacial score (nSPS) is 21.1. The highest BCUT2D eigenvalue weighted by Gasteiger charge is 2.44. The molecule has 3 aromatic carbocycles. The predicted octanol–water partition coefficient (Wildman–Crippen LogP) is 7.22. The summed E-state index contributed by atoms with van der Waals surface area (Å²) in [5.74, 6) is 1.84. The standard InChI is InChI=1S/C29H28F3NO3S/c1-35-24-5-3-7-27(17-24)37-18-19-8-10-20(11-9-19)28(34)33-22-12-13-23(33)16-26(15-22)36-25-6-2-4-21(14-25)29(30,31)32/h2-11,14,17,22-23,26H,12-13,15-16,18H2,1H3/t22-,23-/m0/s1. The number of hydrogen-bond donors (Lipinski definition) is 0. The van der Waals surface area contributed by atoms with E-state index in [0.717, 1.165) is 46.9 Å². The van der Waals surface area contributed by atoms with E-state index < -0.39 is 11.7 Å². The van der Waals surface area contributed by atoms with Gasteiger partial charge in [0.1, 0.15) is 17.6 Å². The number of rotatable bonds is 7. The van der Waals surface area contributed by atoms with Crippen molar-refractivity contribution in [3.8, 4) is 11.5 Å². The number of benzene rings is 3. The van der Waals surface area contributed by atoms with Crippen molar-refractivity contribution < 1.29 is 27.4 Å². The van der Waals surface area contributed by atoms with Crippen molar-refractivity contribution in [3.63, 3.8) is 0 Å². The summed E-state index contributed by atoms with van der Waals surface area (Å²) in [6.07, 6.45) is -1.61. The highest BCUT2D eigenvalue weighted by molar-refractivity contribution is 7.98. The molecule has 0 N–H and O–H groups in total. The molecule has 8 heteroatoms. The molecule has 0 unspecified atom stereocenters. The summed E-state index contributed by atoms with van der Waals surface area (Å²) < 4.78 is 50.4. The number of alkyl halides is 3. The van der Waals surface area contributed by atoms with Crippen LogP contribution >= 0.6 is 11.8 Å². The molecule has 2 aliphatic heterocycles. The number of amides is 1. The average molecular weight is 528 g/mol. The smallest absolute Gasteiger partial charge is 0.416 e. The Labute approximate surface area is 218 Å². The van der Waals surface area contributed by atoms with Gasteiger partial charge in [0.05, 0.1) is 12.7 Å². The van der Waals surface area contributed by atoms with Gasteiger partial charge in [0.25, 0.3) is 5.91 Å². The van der Waals surface area contributed by atoms with Crippen LogP contribution in [0.25, 0.3) is 0 Å². The summed E-state index contributed by atoms with van der Waals surface area (Å²) in [6.45, 7) is 0. The van der Waals surface area contributed by atoms with Crippen LogP contribution in [0.3, 0.4) is 0 Å². The third kappa shape index (κ3) is 5.90. The van der Waals surface area contributed by atoms with Gasteiger partial charge < -0.3 is 14.4 Å². The first-order valence-corrected chi connectivity index (χ1v) is 13.3. The maximum Gasteiger partial charge on any atom is 0.416 e. The lowest BCUT2D eigenvalue weighted by molar-refractivity contribution is -0.137. The third-order valence-electron chi connectivity index (χ3n) is 7.04. The quantitative estimate of drug-likeness (QED) is 0.304. The summed E-state index contributed by atoms with van der Waals surface area (Å²) in [4.78, 5) is 16.5. The summed E-state index contributed by atoms with van der Waals surface area (Å²) in [5.41, 5.74) is 1.07. The molecular weight excluding hydrogens is 499 g/mol. The van der Waals surface area contributed by atoms with Crippen molar-refractivity contribution in [1.82, 2.24) is 4.90 Å². The minimum atomic E-state index is -4.41. The molecule has 2 heterocycles. The Balaban J connectivity index is 1.19. The number of piperidine rings is 1. The number of hydrogen-bond acceptors (Lipinski definition) is 4. The maximum absolute atomic E-state index is 13.4. The first-order valence-electron chi connectivity index (χ1n) is 12.3. The van der Waals surface area contributed by atoms with E-state index >= 15 is 0 Å². The van der Waals surface area contributed by atoms with Crippen molar-refractivity contribution in [1.29, 1.82) is 0 Å². The lowest BCUT2D eigenvalue weighted by atomic mass is 9.98. The van der Waals surface area contributed by atoms with Gasteiger partial charge in [-0.3, -0.25) is 4.79 Å². The fourth-order valence-electron chi connectivity index (χ4n) is 5.24. The number of thioether (sulfide) groups is 1. The number of nitrogens with zero attached hydrogens (tertiary/aromatic N) is 1. The summed E-state index contributed by atoms with van der Waals surface area (Å²) in [7, 11) is 1.65. The van der Waals surface area contributed by atoms with E-state index in [4.69, 9.17) is 9.47 Å². The maximum atomic E-state index is 13.4. The Morgan fingerprint density at radius 3 is 2.30 bits per heavy atom. The Morgan fingerprint density at radius 2 is 1.62 bits per heavy atom. The highest BCUT2D eigenvalue weighted by atomic mass is 32.2. The van der Waals surface area contributed by atoms with Gasteiger partial charge in [0.2, 0.25) is 0 Å². The van der Waals surface area contributed by atoms with Gasteiger partial charge in [-0.05, 0) is 66.9 Å². The van der Waals surface area contributed by atoms with Crippen LogP contribution in [0.5, 0.6) is 11.5 Å². The molecule has 4 nitrogen and oxygen atoms in total. The monoisotopic (exact) mass is 527 g/mol. The molecule has 1 amide bonds. The van der Waals surface area contributed by atoms with Crippen LogP contribution in [0.15, 0.2) is 77.7 Å². The molecule has 0 spiro atoms. The molecule has 0 aromatic heterocycles. The van der Waals surface area contributed by atoms with Crippen LogP contribution in [-0.4, -0.2) is 36.1 Å².